The van der Waals surface area contributed by atoms with Crippen LogP contribution in [-0.4, -0.2) is 51.3 Å². The second-order valence-electron chi connectivity index (χ2n) is 4.40. The molecule has 98 valence electrons. The predicted molar refractivity (Wildman–Crippen MR) is 71.0 cm³/mol. The molecule has 0 aliphatic rings. The van der Waals surface area contributed by atoms with E-state index in [1.807, 2.05) is 0 Å². The van der Waals surface area contributed by atoms with Crippen molar-refractivity contribution < 1.29 is 4.74 Å². The SMILES string of the molecule is CCC(CC)N(C)CCCCNCCOC. The van der Waals surface area contributed by atoms with E-state index in [-0.39, 0.29) is 0 Å². The largest absolute Gasteiger partial charge is 0.383 e. The average Bonchev–Trinajstić information content (AvgIpc) is 2.29. The van der Waals surface area contributed by atoms with Gasteiger partial charge < -0.3 is 15.0 Å². The summed E-state index contributed by atoms with van der Waals surface area (Å²) in [6.07, 6.45) is 5.07. The minimum atomic E-state index is 0.765. The minimum absolute atomic E-state index is 0.765. The molecule has 0 rings (SSSR count). The second-order valence-corrected chi connectivity index (χ2v) is 4.40. The summed E-state index contributed by atoms with van der Waals surface area (Å²) in [6.45, 7) is 8.67. The molecule has 0 radical (unpaired) electrons. The van der Waals surface area contributed by atoms with E-state index in [1.54, 1.807) is 7.11 Å². The molecule has 0 saturated carbocycles. The summed E-state index contributed by atoms with van der Waals surface area (Å²) in [7, 11) is 3.99. The molecule has 3 heteroatoms. The van der Waals surface area contributed by atoms with Crippen molar-refractivity contribution in [3.05, 3.63) is 0 Å². The molecule has 0 unspecified atom stereocenters. The number of hydrogen-bond donors (Lipinski definition) is 1. The Kier molecular flexibility index (Phi) is 11.3. The molecule has 0 bridgehead atoms. The molecule has 0 amide bonds. The first-order chi connectivity index (χ1) is 7.76. The van der Waals surface area contributed by atoms with Crippen LogP contribution in [0, 0.1) is 0 Å². The highest BCUT2D eigenvalue weighted by atomic mass is 16.5. The van der Waals surface area contributed by atoms with Crippen molar-refractivity contribution in [2.24, 2.45) is 0 Å². The van der Waals surface area contributed by atoms with Crippen molar-refractivity contribution in [1.82, 2.24) is 10.2 Å². The van der Waals surface area contributed by atoms with Crippen LogP contribution in [0.5, 0.6) is 0 Å². The fourth-order valence-corrected chi connectivity index (χ4v) is 2.01. The number of methoxy groups -OCH3 is 1. The lowest BCUT2D eigenvalue weighted by atomic mass is 10.1. The number of unbranched alkanes of at least 4 members (excludes halogenated alkanes) is 1. The van der Waals surface area contributed by atoms with Crippen molar-refractivity contribution in [3.63, 3.8) is 0 Å². The Morgan fingerprint density at radius 2 is 1.81 bits per heavy atom. The van der Waals surface area contributed by atoms with Crippen LogP contribution in [0.15, 0.2) is 0 Å². The van der Waals surface area contributed by atoms with Crippen molar-refractivity contribution in [1.29, 1.82) is 0 Å². The van der Waals surface area contributed by atoms with Crippen LogP contribution < -0.4 is 5.32 Å². The molecule has 0 aromatic carbocycles. The molecule has 0 saturated heterocycles. The maximum Gasteiger partial charge on any atom is 0.0587 e. The van der Waals surface area contributed by atoms with Gasteiger partial charge in [-0.2, -0.15) is 0 Å². The van der Waals surface area contributed by atoms with Crippen molar-refractivity contribution in [3.8, 4) is 0 Å². The van der Waals surface area contributed by atoms with E-state index in [9.17, 15) is 0 Å². The topological polar surface area (TPSA) is 24.5 Å². The zero-order valence-electron chi connectivity index (χ0n) is 11.6. The lowest BCUT2D eigenvalue weighted by Crippen LogP contribution is -2.31. The summed E-state index contributed by atoms with van der Waals surface area (Å²) in [6, 6.07) is 0.765. The van der Waals surface area contributed by atoms with Gasteiger partial charge in [0, 0.05) is 19.7 Å². The minimum Gasteiger partial charge on any atom is -0.383 e. The molecule has 0 spiro atoms. The van der Waals surface area contributed by atoms with Gasteiger partial charge in [-0.05, 0) is 45.8 Å². The van der Waals surface area contributed by atoms with Crippen LogP contribution >= 0.6 is 0 Å². The lowest BCUT2D eigenvalue weighted by molar-refractivity contribution is 0.198. The molecule has 0 aliphatic carbocycles. The molecular weight excluding hydrogens is 200 g/mol. The van der Waals surface area contributed by atoms with E-state index in [2.05, 4.69) is 31.1 Å². The summed E-state index contributed by atoms with van der Waals surface area (Å²) >= 11 is 0. The van der Waals surface area contributed by atoms with E-state index in [0.717, 1.165) is 25.7 Å². The molecule has 16 heavy (non-hydrogen) atoms. The van der Waals surface area contributed by atoms with Gasteiger partial charge in [0.2, 0.25) is 0 Å². The number of hydrogen-bond acceptors (Lipinski definition) is 3. The van der Waals surface area contributed by atoms with E-state index < -0.39 is 0 Å². The Labute approximate surface area is 102 Å². The Hall–Kier alpha value is -0.120. The zero-order chi connectivity index (χ0) is 12.2. The Morgan fingerprint density at radius 3 is 2.38 bits per heavy atom. The Bertz CT molecular complexity index is 138. The number of ether oxygens (including phenoxy) is 1. The highest BCUT2D eigenvalue weighted by Crippen LogP contribution is 2.06. The summed E-state index contributed by atoms with van der Waals surface area (Å²) in [5.41, 5.74) is 0. The third-order valence-corrected chi connectivity index (χ3v) is 3.16. The van der Waals surface area contributed by atoms with Crippen LogP contribution in [-0.2, 0) is 4.74 Å². The predicted octanol–water partition coefficient (Wildman–Crippen LogP) is 2.12. The lowest BCUT2D eigenvalue weighted by Gasteiger charge is -2.25. The number of rotatable bonds is 11. The Morgan fingerprint density at radius 1 is 1.12 bits per heavy atom. The molecule has 0 aromatic heterocycles. The molecular formula is C13H30N2O. The fraction of sp³-hybridized carbons (Fsp3) is 1.00. The quantitative estimate of drug-likeness (QED) is 0.550. The van der Waals surface area contributed by atoms with Crippen molar-refractivity contribution >= 4 is 0 Å². The summed E-state index contributed by atoms with van der Waals surface area (Å²) in [5.74, 6) is 0. The third kappa shape index (κ3) is 8.08. The van der Waals surface area contributed by atoms with Gasteiger partial charge in [0.05, 0.1) is 6.61 Å². The molecule has 0 atom stereocenters. The van der Waals surface area contributed by atoms with E-state index in [0.29, 0.717) is 0 Å². The van der Waals surface area contributed by atoms with E-state index in [1.165, 1.54) is 32.2 Å². The van der Waals surface area contributed by atoms with Gasteiger partial charge in [-0.3, -0.25) is 0 Å². The third-order valence-electron chi connectivity index (χ3n) is 3.16. The van der Waals surface area contributed by atoms with Crippen LogP contribution in [0.3, 0.4) is 0 Å². The summed E-state index contributed by atoms with van der Waals surface area (Å²) in [5, 5.41) is 3.37. The van der Waals surface area contributed by atoms with Gasteiger partial charge in [0.1, 0.15) is 0 Å². The maximum absolute atomic E-state index is 4.98. The van der Waals surface area contributed by atoms with Crippen LogP contribution in [0.1, 0.15) is 39.5 Å². The van der Waals surface area contributed by atoms with E-state index >= 15 is 0 Å². The first-order valence-corrected chi connectivity index (χ1v) is 6.66. The van der Waals surface area contributed by atoms with E-state index in [4.69, 9.17) is 4.74 Å². The molecule has 1 N–H and O–H groups in total. The monoisotopic (exact) mass is 230 g/mol. The van der Waals surface area contributed by atoms with Crippen molar-refractivity contribution in [2.75, 3.05) is 40.4 Å². The molecule has 0 heterocycles. The number of nitrogens with zero attached hydrogens (tertiary/aromatic N) is 1. The first-order valence-electron chi connectivity index (χ1n) is 6.66. The normalized spacial score (nSPS) is 11.6. The van der Waals surface area contributed by atoms with Crippen LogP contribution in [0.4, 0.5) is 0 Å². The van der Waals surface area contributed by atoms with Gasteiger partial charge in [-0.15, -0.1) is 0 Å². The fourth-order valence-electron chi connectivity index (χ4n) is 2.01. The molecule has 0 fully saturated rings. The van der Waals surface area contributed by atoms with Gasteiger partial charge in [-0.25, -0.2) is 0 Å². The molecule has 0 aromatic rings. The summed E-state index contributed by atoms with van der Waals surface area (Å²) in [4.78, 5) is 2.50. The molecule has 0 aliphatic heterocycles. The summed E-state index contributed by atoms with van der Waals surface area (Å²) < 4.78 is 4.98. The zero-order valence-corrected chi connectivity index (χ0v) is 11.6. The van der Waals surface area contributed by atoms with Crippen LogP contribution in [0.25, 0.3) is 0 Å². The highest BCUT2D eigenvalue weighted by molar-refractivity contribution is 4.65. The van der Waals surface area contributed by atoms with Crippen molar-refractivity contribution in [2.45, 2.75) is 45.6 Å². The average molecular weight is 230 g/mol. The Balaban J connectivity index is 3.30. The van der Waals surface area contributed by atoms with Crippen LogP contribution in [0.2, 0.25) is 0 Å². The van der Waals surface area contributed by atoms with Gasteiger partial charge in [-0.1, -0.05) is 13.8 Å². The van der Waals surface area contributed by atoms with Gasteiger partial charge in [0.25, 0.3) is 0 Å². The smallest absolute Gasteiger partial charge is 0.0587 e. The second kappa shape index (κ2) is 11.4. The highest BCUT2D eigenvalue weighted by Gasteiger charge is 2.08. The molecule has 3 nitrogen and oxygen atoms in total. The number of nitrogens with one attached hydrogen (secondary N) is 1. The first kappa shape index (κ1) is 15.9. The standard InChI is InChI=1S/C13H30N2O/c1-5-13(6-2)15(3)11-8-7-9-14-10-12-16-4/h13-14H,5-12H2,1-4H3. The van der Waals surface area contributed by atoms with Gasteiger partial charge >= 0.3 is 0 Å². The van der Waals surface area contributed by atoms with Gasteiger partial charge in [0.15, 0.2) is 0 Å². The maximum atomic E-state index is 4.98.